The van der Waals surface area contributed by atoms with Gasteiger partial charge in [0.1, 0.15) is 0 Å². The number of hydrogen-bond donors (Lipinski definition) is 2. The first-order chi connectivity index (χ1) is 15.9. The van der Waals surface area contributed by atoms with Crippen LogP contribution in [0.1, 0.15) is 6.42 Å². The summed E-state index contributed by atoms with van der Waals surface area (Å²) in [5, 5.41) is 8.48. The summed E-state index contributed by atoms with van der Waals surface area (Å²) in [4.78, 5) is 0. The van der Waals surface area contributed by atoms with Crippen LogP contribution < -0.4 is 0 Å². The van der Waals surface area contributed by atoms with Gasteiger partial charge in [-0.15, -0.1) is 0 Å². The summed E-state index contributed by atoms with van der Waals surface area (Å²) in [6.45, 7) is 0. The largest absolute Gasteiger partial charge is 0.460 e. The number of halogens is 21. The van der Waals surface area contributed by atoms with Crippen molar-refractivity contribution in [2.24, 2.45) is 0 Å². The lowest BCUT2D eigenvalue weighted by atomic mass is 9.86. The normalized spacial score (nSPS) is 17.6. The molecule has 0 aromatic rings. The predicted molar refractivity (Wildman–Crippen MR) is 72.8 cm³/mol. The van der Waals surface area contributed by atoms with Crippen LogP contribution in [0.2, 0.25) is 0 Å². The molecule has 0 saturated carbocycles. The summed E-state index contributed by atoms with van der Waals surface area (Å²) in [6, 6.07) is 0. The molecule has 38 heavy (non-hydrogen) atoms. The van der Waals surface area contributed by atoms with E-state index in [0.717, 1.165) is 0 Å². The van der Waals surface area contributed by atoms with Crippen LogP contribution in [0.15, 0.2) is 0 Å². The van der Waals surface area contributed by atoms with E-state index in [1.807, 2.05) is 0 Å². The second-order valence-corrected chi connectivity index (χ2v) is 8.55. The molecule has 0 aliphatic heterocycles. The monoisotopic (exact) mass is 644 g/mol. The zero-order valence-electron chi connectivity index (χ0n) is 16.3. The summed E-state index contributed by atoms with van der Waals surface area (Å²) in [5.74, 6) is -79.3. The van der Waals surface area contributed by atoms with Gasteiger partial charge in [0.05, 0.1) is 6.42 Å². The topological polar surface area (TPSA) is 74.6 Å². The van der Waals surface area contributed by atoms with Gasteiger partial charge in [-0.05, 0) is 0 Å². The van der Waals surface area contributed by atoms with Gasteiger partial charge in [0, 0.05) is 0 Å². The maximum Gasteiger partial charge on any atom is 0.460 e. The highest BCUT2D eigenvalue weighted by atomic mass is 32.2. The summed E-state index contributed by atoms with van der Waals surface area (Å²) in [5.41, 5.74) is -4.36. The second kappa shape index (κ2) is 8.95. The molecule has 0 heterocycles. The minimum atomic E-state index is -9.33. The molecule has 0 aliphatic rings. The van der Waals surface area contributed by atoms with Gasteiger partial charge in [-0.3, -0.25) is 4.55 Å². The van der Waals surface area contributed by atoms with Gasteiger partial charge >= 0.3 is 59.5 Å². The van der Waals surface area contributed by atoms with Crippen molar-refractivity contribution in [1.29, 1.82) is 0 Å². The first-order valence-corrected chi connectivity index (χ1v) is 9.49. The highest BCUT2D eigenvalue weighted by Crippen LogP contribution is 2.66. The van der Waals surface area contributed by atoms with E-state index in [0.29, 0.717) is 0 Å². The third-order valence-corrected chi connectivity index (χ3v) is 5.20. The van der Waals surface area contributed by atoms with Crippen LogP contribution in [0, 0.1) is 0 Å². The zero-order chi connectivity index (χ0) is 31.8. The van der Waals surface area contributed by atoms with Gasteiger partial charge in [0.25, 0.3) is 10.1 Å². The quantitative estimate of drug-likeness (QED) is 0.219. The van der Waals surface area contributed by atoms with Crippen LogP contribution in [0.25, 0.3) is 0 Å². The summed E-state index contributed by atoms with van der Waals surface area (Å²) >= 11 is 0. The van der Waals surface area contributed by atoms with Crippen molar-refractivity contribution in [2.45, 2.75) is 71.3 Å². The van der Waals surface area contributed by atoms with E-state index < -0.39 is 81.5 Å². The van der Waals surface area contributed by atoms with Crippen LogP contribution in [0.3, 0.4) is 0 Å². The van der Waals surface area contributed by atoms with Gasteiger partial charge in [-0.1, -0.05) is 0 Å². The van der Waals surface area contributed by atoms with Crippen molar-refractivity contribution in [3.63, 3.8) is 0 Å². The van der Waals surface area contributed by atoms with Crippen LogP contribution in [-0.4, -0.2) is 83.0 Å². The number of alkyl halides is 21. The Hall–Kier alpha value is -1.60. The van der Waals surface area contributed by atoms with E-state index in [1.54, 1.807) is 0 Å². The molecule has 4 nitrogen and oxygen atoms in total. The van der Waals surface area contributed by atoms with E-state index in [2.05, 4.69) is 0 Å². The molecule has 0 radical (unpaired) electrons. The second-order valence-electron chi connectivity index (χ2n) is 6.97. The van der Waals surface area contributed by atoms with Crippen molar-refractivity contribution in [1.82, 2.24) is 0 Å². The van der Waals surface area contributed by atoms with Crippen LogP contribution in [0.5, 0.6) is 0 Å². The first-order valence-electron chi connectivity index (χ1n) is 7.99. The molecule has 230 valence electrons. The van der Waals surface area contributed by atoms with Crippen LogP contribution in [0.4, 0.5) is 92.2 Å². The number of aliphatic hydroxyl groups excluding tert-OH is 1. The van der Waals surface area contributed by atoms with Gasteiger partial charge in [0.15, 0.2) is 5.44 Å². The van der Waals surface area contributed by atoms with Gasteiger partial charge in [-0.2, -0.15) is 101 Å². The van der Waals surface area contributed by atoms with Crippen LogP contribution >= 0.6 is 0 Å². The molecule has 1 unspecified atom stereocenters. The lowest BCUT2D eigenvalue weighted by molar-refractivity contribution is -0.474. The third-order valence-electron chi connectivity index (χ3n) is 4.35. The Bertz CT molecular complexity index is 981. The fourth-order valence-electron chi connectivity index (χ4n) is 2.04. The van der Waals surface area contributed by atoms with Crippen molar-refractivity contribution >= 4 is 10.1 Å². The summed E-state index contributed by atoms with van der Waals surface area (Å²) < 4.78 is 304. The van der Waals surface area contributed by atoms with Gasteiger partial charge in [0.2, 0.25) is 0 Å². The average Bonchev–Trinajstić information content (AvgIpc) is 2.64. The molecule has 0 rings (SSSR count). The molecule has 26 heteroatoms. The number of rotatable bonds is 11. The molecule has 0 aromatic carbocycles. The summed E-state index contributed by atoms with van der Waals surface area (Å²) in [7, 11) is -6.39. The standard InChI is InChI=1S/C12H5F21O4S/c13-3(14,1-2(34)38(35,36)37)4(15,16)5(17,18)6(19,20)7(21,22)8(23,24)9(25,26)10(27,28)11(29,30)12(31,32)33/h2,34H,1H2,(H,35,36,37). The highest BCUT2D eigenvalue weighted by molar-refractivity contribution is 7.86. The molecular formula is C12H5F21O4S. The maximum absolute atomic E-state index is 13.5. The SMILES string of the molecule is O=S(=O)(O)C(O)CC(F)(F)C(F)(F)C(F)(F)C(F)(F)C(F)(F)C(F)(F)C(F)(F)C(F)(F)C(F)(F)C(F)(F)F. The predicted octanol–water partition coefficient (Wildman–Crippen LogP) is 5.86. The van der Waals surface area contributed by atoms with E-state index in [-0.39, 0.29) is 0 Å². The fraction of sp³-hybridized carbons (Fsp3) is 1.00. The lowest BCUT2D eigenvalue weighted by Crippen LogP contribution is -2.76. The van der Waals surface area contributed by atoms with Crippen molar-refractivity contribution in [3.8, 4) is 0 Å². The Kier molecular flexibility index (Phi) is 8.58. The Balaban J connectivity index is 7.07. The van der Waals surface area contributed by atoms with Crippen molar-refractivity contribution < 1.29 is 110 Å². The minimum Gasteiger partial charge on any atom is -0.375 e. The number of hydrogen-bond acceptors (Lipinski definition) is 3. The van der Waals surface area contributed by atoms with Gasteiger partial charge in [-0.25, -0.2) is 0 Å². The Morgan fingerprint density at radius 3 is 0.868 bits per heavy atom. The molecule has 0 amide bonds. The molecule has 0 aliphatic carbocycles. The van der Waals surface area contributed by atoms with Gasteiger partial charge < -0.3 is 5.11 Å². The molecule has 0 aromatic heterocycles. The zero-order valence-corrected chi connectivity index (χ0v) is 17.2. The smallest absolute Gasteiger partial charge is 0.375 e. The lowest BCUT2D eigenvalue weighted by Gasteiger charge is -2.44. The van der Waals surface area contributed by atoms with E-state index in [9.17, 15) is 101 Å². The highest BCUT2D eigenvalue weighted by Gasteiger charge is 2.97. The van der Waals surface area contributed by atoms with E-state index in [4.69, 9.17) is 9.66 Å². The first kappa shape index (κ1) is 36.4. The molecule has 0 spiro atoms. The fourth-order valence-corrected chi connectivity index (χ4v) is 2.46. The molecular weight excluding hydrogens is 639 g/mol. The van der Waals surface area contributed by atoms with Crippen molar-refractivity contribution in [2.75, 3.05) is 0 Å². The van der Waals surface area contributed by atoms with Crippen LogP contribution in [-0.2, 0) is 10.1 Å². The molecule has 0 bridgehead atoms. The molecule has 0 fully saturated rings. The summed E-state index contributed by atoms with van der Waals surface area (Å²) in [6.07, 6.45) is -11.9. The maximum atomic E-state index is 13.5. The Morgan fingerprint density at radius 2 is 0.658 bits per heavy atom. The number of aliphatic hydroxyl groups is 1. The average molecular weight is 644 g/mol. The molecule has 1 atom stereocenters. The van der Waals surface area contributed by atoms with E-state index >= 15 is 0 Å². The Morgan fingerprint density at radius 1 is 0.447 bits per heavy atom. The van der Waals surface area contributed by atoms with E-state index in [1.165, 1.54) is 0 Å². The minimum absolute atomic E-state index is 3.86. The molecule has 2 N–H and O–H groups in total. The third kappa shape index (κ3) is 4.70. The van der Waals surface area contributed by atoms with Crippen molar-refractivity contribution in [3.05, 3.63) is 0 Å². The Labute approximate surface area is 193 Å². The molecule has 0 saturated heterocycles.